The van der Waals surface area contributed by atoms with Crippen LogP contribution in [0.3, 0.4) is 0 Å². The fourth-order valence-electron chi connectivity index (χ4n) is 1.06. The number of halogens is 3. The fraction of sp³-hybridized carbons (Fsp3) is 0.250. The number of alkyl halides is 3. The second-order valence-electron chi connectivity index (χ2n) is 2.85. The highest BCUT2D eigenvalue weighted by molar-refractivity contribution is 5.40. The Morgan fingerprint density at radius 1 is 1.33 bits per heavy atom. The Bertz CT molecular complexity index is 390. The topological polar surface area (TPSA) is 69.2 Å². The second kappa shape index (κ2) is 3.85. The summed E-state index contributed by atoms with van der Waals surface area (Å²) in [5.74, 6) is 0. The molecule has 0 spiro atoms. The number of nitro groups is 1. The molecule has 0 aliphatic carbocycles. The van der Waals surface area contributed by atoms with Gasteiger partial charge in [0.25, 0.3) is 5.69 Å². The maximum absolute atomic E-state index is 12.3. The minimum Gasteiger partial charge on any atom is -0.326 e. The van der Waals surface area contributed by atoms with Gasteiger partial charge in [0.05, 0.1) is 10.5 Å². The van der Waals surface area contributed by atoms with Gasteiger partial charge in [-0.3, -0.25) is 10.1 Å². The summed E-state index contributed by atoms with van der Waals surface area (Å²) in [6, 6.07) is 2.31. The molecule has 0 unspecified atom stereocenters. The van der Waals surface area contributed by atoms with E-state index >= 15 is 0 Å². The van der Waals surface area contributed by atoms with E-state index in [2.05, 4.69) is 0 Å². The van der Waals surface area contributed by atoms with Gasteiger partial charge in [-0.1, -0.05) is 0 Å². The summed E-state index contributed by atoms with van der Waals surface area (Å²) in [4.78, 5) is 9.47. The summed E-state index contributed by atoms with van der Waals surface area (Å²) >= 11 is 0. The number of non-ortho nitro benzene ring substituents is 1. The van der Waals surface area contributed by atoms with Crippen molar-refractivity contribution in [2.45, 2.75) is 12.7 Å². The lowest BCUT2D eigenvalue weighted by Gasteiger charge is -2.07. The van der Waals surface area contributed by atoms with Crippen molar-refractivity contribution < 1.29 is 18.1 Å². The predicted octanol–water partition coefficient (Wildman–Crippen LogP) is 2.07. The number of nitro benzene ring substituents is 1. The van der Waals surface area contributed by atoms with Gasteiger partial charge in [-0.05, 0) is 11.6 Å². The molecule has 1 rings (SSSR count). The fourth-order valence-corrected chi connectivity index (χ4v) is 1.06. The smallest absolute Gasteiger partial charge is 0.326 e. The maximum Gasteiger partial charge on any atom is 0.416 e. The highest BCUT2D eigenvalue weighted by atomic mass is 19.4. The van der Waals surface area contributed by atoms with Gasteiger partial charge >= 0.3 is 6.18 Å². The summed E-state index contributed by atoms with van der Waals surface area (Å²) in [7, 11) is 0. The van der Waals surface area contributed by atoms with Crippen molar-refractivity contribution in [1.29, 1.82) is 0 Å². The average molecular weight is 220 g/mol. The molecule has 0 saturated carbocycles. The first-order valence-corrected chi connectivity index (χ1v) is 3.90. The van der Waals surface area contributed by atoms with E-state index in [0.717, 1.165) is 12.1 Å². The van der Waals surface area contributed by atoms with Crippen molar-refractivity contribution >= 4 is 5.69 Å². The summed E-state index contributed by atoms with van der Waals surface area (Å²) in [6.07, 6.45) is -4.60. The molecule has 0 aliphatic rings. The standard InChI is InChI=1S/C8H7F3N2O2/c9-8(10,11)6-1-5(4-12)2-7(3-6)13(14)15/h1-3H,4,12H2. The number of benzene rings is 1. The van der Waals surface area contributed by atoms with Gasteiger partial charge in [0, 0.05) is 18.7 Å². The lowest BCUT2D eigenvalue weighted by molar-refractivity contribution is -0.385. The molecule has 0 radical (unpaired) electrons. The van der Waals surface area contributed by atoms with Crippen molar-refractivity contribution in [2.24, 2.45) is 5.73 Å². The van der Waals surface area contributed by atoms with Gasteiger partial charge in [-0.15, -0.1) is 0 Å². The van der Waals surface area contributed by atoms with E-state index in [1.54, 1.807) is 0 Å². The molecule has 0 fully saturated rings. The van der Waals surface area contributed by atoms with Crippen LogP contribution in [0.1, 0.15) is 11.1 Å². The lowest BCUT2D eigenvalue weighted by atomic mass is 10.1. The summed E-state index contributed by atoms with van der Waals surface area (Å²) in [5.41, 5.74) is 3.56. The van der Waals surface area contributed by atoms with Crippen LogP contribution in [0.25, 0.3) is 0 Å². The number of rotatable bonds is 2. The van der Waals surface area contributed by atoms with Crippen LogP contribution in [0.2, 0.25) is 0 Å². The summed E-state index contributed by atoms with van der Waals surface area (Å²) in [5, 5.41) is 10.3. The second-order valence-corrected chi connectivity index (χ2v) is 2.85. The van der Waals surface area contributed by atoms with Crippen molar-refractivity contribution in [3.63, 3.8) is 0 Å². The van der Waals surface area contributed by atoms with Crippen LogP contribution in [0.15, 0.2) is 18.2 Å². The molecule has 0 amide bonds. The molecular formula is C8H7F3N2O2. The molecule has 0 aromatic heterocycles. The summed E-state index contributed by atoms with van der Waals surface area (Å²) in [6.45, 7) is -0.176. The molecule has 7 heteroatoms. The minimum atomic E-state index is -4.60. The zero-order valence-electron chi connectivity index (χ0n) is 7.41. The van der Waals surface area contributed by atoms with E-state index in [1.165, 1.54) is 0 Å². The van der Waals surface area contributed by atoms with Crippen LogP contribution in [-0.4, -0.2) is 4.92 Å². The third-order valence-electron chi connectivity index (χ3n) is 1.75. The van der Waals surface area contributed by atoms with Gasteiger partial charge in [-0.25, -0.2) is 0 Å². The zero-order valence-corrected chi connectivity index (χ0v) is 7.41. The molecule has 82 valence electrons. The highest BCUT2D eigenvalue weighted by Crippen LogP contribution is 2.32. The third kappa shape index (κ3) is 2.66. The van der Waals surface area contributed by atoms with Crippen molar-refractivity contribution in [3.8, 4) is 0 Å². The molecule has 1 aromatic rings. The minimum absolute atomic E-state index is 0.0801. The van der Waals surface area contributed by atoms with Crippen LogP contribution < -0.4 is 5.73 Å². The van der Waals surface area contributed by atoms with Crippen LogP contribution in [0.5, 0.6) is 0 Å². The number of nitrogens with zero attached hydrogens (tertiary/aromatic N) is 1. The molecule has 4 nitrogen and oxygen atoms in total. The van der Waals surface area contributed by atoms with E-state index < -0.39 is 22.4 Å². The van der Waals surface area contributed by atoms with Crippen LogP contribution in [0.4, 0.5) is 18.9 Å². The molecule has 0 aliphatic heterocycles. The van der Waals surface area contributed by atoms with Crippen molar-refractivity contribution in [2.75, 3.05) is 0 Å². The van der Waals surface area contributed by atoms with Crippen LogP contribution in [0, 0.1) is 10.1 Å². The van der Waals surface area contributed by atoms with Crippen molar-refractivity contribution in [3.05, 3.63) is 39.4 Å². The van der Waals surface area contributed by atoms with E-state index in [0.29, 0.717) is 6.07 Å². The molecule has 0 bridgehead atoms. The Morgan fingerprint density at radius 3 is 2.33 bits per heavy atom. The zero-order chi connectivity index (χ0) is 11.6. The first-order valence-electron chi connectivity index (χ1n) is 3.90. The number of nitrogens with two attached hydrogens (primary N) is 1. The quantitative estimate of drug-likeness (QED) is 0.612. The van der Waals surface area contributed by atoms with Gasteiger partial charge < -0.3 is 5.73 Å². The molecule has 0 saturated heterocycles. The van der Waals surface area contributed by atoms with Gasteiger partial charge in [-0.2, -0.15) is 13.2 Å². The molecule has 15 heavy (non-hydrogen) atoms. The molecule has 1 aromatic carbocycles. The van der Waals surface area contributed by atoms with Crippen LogP contribution >= 0.6 is 0 Å². The Kier molecular flexibility index (Phi) is 2.94. The van der Waals surface area contributed by atoms with Gasteiger partial charge in [0.2, 0.25) is 0 Å². The van der Waals surface area contributed by atoms with Gasteiger partial charge in [0.15, 0.2) is 0 Å². The summed E-state index contributed by atoms with van der Waals surface area (Å²) < 4.78 is 36.9. The first kappa shape index (κ1) is 11.4. The van der Waals surface area contributed by atoms with E-state index in [-0.39, 0.29) is 12.1 Å². The molecule has 2 N–H and O–H groups in total. The van der Waals surface area contributed by atoms with Gasteiger partial charge in [0.1, 0.15) is 0 Å². The predicted molar refractivity (Wildman–Crippen MR) is 46.0 cm³/mol. The van der Waals surface area contributed by atoms with E-state index in [9.17, 15) is 23.3 Å². The SMILES string of the molecule is NCc1cc([N+](=O)[O-])cc(C(F)(F)F)c1. The first-order chi connectivity index (χ1) is 6.84. The Balaban J connectivity index is 3.30. The molecule has 0 atom stereocenters. The largest absolute Gasteiger partial charge is 0.416 e. The normalized spacial score (nSPS) is 11.5. The van der Waals surface area contributed by atoms with E-state index in [4.69, 9.17) is 5.73 Å². The number of hydrogen-bond donors (Lipinski definition) is 1. The number of hydrogen-bond acceptors (Lipinski definition) is 3. The monoisotopic (exact) mass is 220 g/mol. The van der Waals surface area contributed by atoms with Crippen LogP contribution in [-0.2, 0) is 12.7 Å². The molecule has 0 heterocycles. The maximum atomic E-state index is 12.3. The Hall–Kier alpha value is -1.63. The highest BCUT2D eigenvalue weighted by Gasteiger charge is 2.32. The van der Waals surface area contributed by atoms with E-state index in [1.807, 2.05) is 0 Å². The van der Waals surface area contributed by atoms with Crippen molar-refractivity contribution in [1.82, 2.24) is 0 Å². The average Bonchev–Trinajstić information content (AvgIpc) is 2.15. The molecular weight excluding hydrogens is 213 g/mol. The Morgan fingerprint density at radius 2 is 1.93 bits per heavy atom. The Labute approximate surface area is 82.7 Å². The third-order valence-corrected chi connectivity index (χ3v) is 1.75. The lowest BCUT2D eigenvalue weighted by Crippen LogP contribution is -2.08.